The van der Waals surface area contributed by atoms with E-state index in [1.807, 2.05) is 13.2 Å². The normalized spacial score (nSPS) is 10.8. The molecule has 7 heteroatoms. The molecular formula is C14H20N4O2S. The number of aliphatic hydroxyl groups excluding tert-OH is 1. The fourth-order valence-corrected chi connectivity index (χ4v) is 2.75. The van der Waals surface area contributed by atoms with Crippen molar-refractivity contribution in [3.05, 3.63) is 23.5 Å². The number of thiazole rings is 1. The summed E-state index contributed by atoms with van der Waals surface area (Å²) < 4.78 is 1.71. The van der Waals surface area contributed by atoms with Crippen LogP contribution >= 0.6 is 11.3 Å². The van der Waals surface area contributed by atoms with Gasteiger partial charge in [-0.1, -0.05) is 13.3 Å². The molecule has 0 aliphatic rings. The first-order chi connectivity index (χ1) is 10.2. The molecule has 21 heavy (non-hydrogen) atoms. The van der Waals surface area contributed by atoms with E-state index < -0.39 is 0 Å². The van der Waals surface area contributed by atoms with Crippen molar-refractivity contribution in [3.8, 4) is 10.6 Å². The Morgan fingerprint density at radius 1 is 1.48 bits per heavy atom. The molecule has 0 atom stereocenters. The van der Waals surface area contributed by atoms with Crippen LogP contribution < -0.4 is 0 Å². The summed E-state index contributed by atoms with van der Waals surface area (Å²) in [5.41, 5.74) is 1.34. The smallest absolute Gasteiger partial charge is 0.273 e. The minimum Gasteiger partial charge on any atom is -0.395 e. The SMILES string of the molecule is CCCCN(CCO)C(=O)c1csc(-c2cnn(C)c2)n1. The molecule has 2 heterocycles. The number of aromatic nitrogens is 3. The van der Waals surface area contributed by atoms with Crippen LogP contribution in [0.3, 0.4) is 0 Å². The van der Waals surface area contributed by atoms with Crippen molar-refractivity contribution in [1.29, 1.82) is 0 Å². The highest BCUT2D eigenvalue weighted by atomic mass is 32.1. The third-order valence-electron chi connectivity index (χ3n) is 3.11. The lowest BCUT2D eigenvalue weighted by Crippen LogP contribution is -2.34. The average Bonchev–Trinajstić information content (AvgIpc) is 3.11. The molecule has 0 saturated carbocycles. The minimum absolute atomic E-state index is 0.0327. The molecule has 0 radical (unpaired) electrons. The number of rotatable bonds is 7. The molecule has 2 rings (SSSR count). The van der Waals surface area contributed by atoms with E-state index in [0.717, 1.165) is 23.4 Å². The fourth-order valence-electron chi connectivity index (χ4n) is 1.98. The summed E-state index contributed by atoms with van der Waals surface area (Å²) in [6.07, 6.45) is 5.53. The van der Waals surface area contributed by atoms with E-state index in [-0.39, 0.29) is 12.5 Å². The monoisotopic (exact) mass is 308 g/mol. The van der Waals surface area contributed by atoms with E-state index in [1.54, 1.807) is 21.2 Å². The maximum absolute atomic E-state index is 12.4. The Labute approximate surface area is 128 Å². The van der Waals surface area contributed by atoms with Gasteiger partial charge in [-0.2, -0.15) is 5.10 Å². The number of nitrogens with zero attached hydrogens (tertiary/aromatic N) is 4. The van der Waals surface area contributed by atoms with Gasteiger partial charge in [-0.3, -0.25) is 9.48 Å². The van der Waals surface area contributed by atoms with Gasteiger partial charge in [-0.25, -0.2) is 4.98 Å². The number of carbonyl (C=O) groups is 1. The van der Waals surface area contributed by atoms with Gasteiger partial charge < -0.3 is 10.0 Å². The summed E-state index contributed by atoms with van der Waals surface area (Å²) in [4.78, 5) is 18.5. The second-order valence-electron chi connectivity index (χ2n) is 4.81. The number of aliphatic hydroxyl groups is 1. The Bertz CT molecular complexity index is 593. The minimum atomic E-state index is -0.121. The predicted octanol–water partition coefficient (Wildman–Crippen LogP) is 1.78. The Balaban J connectivity index is 2.13. The Hall–Kier alpha value is -1.73. The molecule has 2 aromatic heterocycles. The lowest BCUT2D eigenvalue weighted by Gasteiger charge is -2.20. The lowest BCUT2D eigenvalue weighted by molar-refractivity contribution is 0.0714. The van der Waals surface area contributed by atoms with E-state index in [1.165, 1.54) is 11.3 Å². The van der Waals surface area contributed by atoms with Crippen molar-refractivity contribution in [2.24, 2.45) is 7.05 Å². The van der Waals surface area contributed by atoms with Crippen LogP contribution in [0.15, 0.2) is 17.8 Å². The highest BCUT2D eigenvalue weighted by molar-refractivity contribution is 7.13. The van der Waals surface area contributed by atoms with Gasteiger partial charge in [-0.15, -0.1) is 11.3 Å². The Morgan fingerprint density at radius 2 is 2.29 bits per heavy atom. The van der Waals surface area contributed by atoms with Crippen LogP contribution in [0.2, 0.25) is 0 Å². The molecule has 0 unspecified atom stereocenters. The molecule has 0 fully saturated rings. The average molecular weight is 308 g/mol. The number of hydrogen-bond acceptors (Lipinski definition) is 5. The summed E-state index contributed by atoms with van der Waals surface area (Å²) in [5.74, 6) is -0.121. The van der Waals surface area contributed by atoms with Gasteiger partial charge in [0.25, 0.3) is 5.91 Å². The summed E-state index contributed by atoms with van der Waals surface area (Å²) in [6, 6.07) is 0. The summed E-state index contributed by atoms with van der Waals surface area (Å²) >= 11 is 1.43. The van der Waals surface area contributed by atoms with E-state index in [9.17, 15) is 4.79 Å². The third-order valence-corrected chi connectivity index (χ3v) is 4.01. The largest absolute Gasteiger partial charge is 0.395 e. The van der Waals surface area contributed by atoms with Crippen molar-refractivity contribution in [2.75, 3.05) is 19.7 Å². The van der Waals surface area contributed by atoms with Crippen LogP contribution in [0.1, 0.15) is 30.3 Å². The summed E-state index contributed by atoms with van der Waals surface area (Å²) in [6.45, 7) is 3.04. The maximum atomic E-state index is 12.4. The van der Waals surface area contributed by atoms with Crippen molar-refractivity contribution in [3.63, 3.8) is 0 Å². The van der Waals surface area contributed by atoms with Crippen molar-refractivity contribution in [2.45, 2.75) is 19.8 Å². The van der Waals surface area contributed by atoms with E-state index >= 15 is 0 Å². The van der Waals surface area contributed by atoms with Crippen LogP contribution in [0.25, 0.3) is 10.6 Å². The van der Waals surface area contributed by atoms with Crippen LogP contribution in [-0.4, -0.2) is 50.4 Å². The van der Waals surface area contributed by atoms with Gasteiger partial charge in [0, 0.05) is 37.3 Å². The standard InChI is InChI=1S/C14H20N4O2S/c1-3-4-5-18(6-7-19)14(20)12-10-21-13(16-12)11-8-15-17(2)9-11/h8-10,19H,3-7H2,1-2H3. The van der Waals surface area contributed by atoms with Crippen LogP contribution in [0.5, 0.6) is 0 Å². The van der Waals surface area contributed by atoms with Gasteiger partial charge in [-0.05, 0) is 6.42 Å². The first-order valence-electron chi connectivity index (χ1n) is 7.00. The maximum Gasteiger partial charge on any atom is 0.273 e. The second kappa shape index (κ2) is 7.33. The highest BCUT2D eigenvalue weighted by Gasteiger charge is 2.18. The number of carbonyl (C=O) groups excluding carboxylic acids is 1. The van der Waals surface area contributed by atoms with Gasteiger partial charge in [0.15, 0.2) is 0 Å². The molecule has 0 saturated heterocycles. The topological polar surface area (TPSA) is 71.2 Å². The summed E-state index contributed by atoms with van der Waals surface area (Å²) in [7, 11) is 1.84. The zero-order valence-electron chi connectivity index (χ0n) is 12.3. The molecule has 0 aromatic carbocycles. The van der Waals surface area contributed by atoms with Gasteiger partial charge in [0.05, 0.1) is 12.8 Å². The lowest BCUT2D eigenvalue weighted by atomic mass is 10.3. The number of hydrogen-bond donors (Lipinski definition) is 1. The molecule has 0 spiro atoms. The molecule has 2 aromatic rings. The Morgan fingerprint density at radius 3 is 2.90 bits per heavy atom. The first-order valence-corrected chi connectivity index (χ1v) is 7.88. The quantitative estimate of drug-likeness (QED) is 0.846. The molecule has 0 aliphatic carbocycles. The molecule has 114 valence electrons. The van der Waals surface area contributed by atoms with Crippen LogP contribution in [-0.2, 0) is 7.05 Å². The van der Waals surface area contributed by atoms with Crippen molar-refractivity contribution >= 4 is 17.2 Å². The predicted molar refractivity (Wildman–Crippen MR) is 82.2 cm³/mol. The number of unbranched alkanes of at least 4 members (excludes halogenated alkanes) is 1. The number of amides is 1. The number of aryl methyl sites for hydroxylation is 1. The first kappa shape index (κ1) is 15.7. The van der Waals surface area contributed by atoms with Crippen LogP contribution in [0, 0.1) is 0 Å². The van der Waals surface area contributed by atoms with Gasteiger partial charge in [0.2, 0.25) is 0 Å². The zero-order valence-corrected chi connectivity index (χ0v) is 13.1. The molecule has 1 amide bonds. The fraction of sp³-hybridized carbons (Fsp3) is 0.500. The summed E-state index contributed by atoms with van der Waals surface area (Å²) in [5, 5.41) is 15.8. The molecule has 1 N–H and O–H groups in total. The van der Waals surface area contributed by atoms with E-state index in [0.29, 0.717) is 18.8 Å². The molecule has 0 aliphatic heterocycles. The van der Waals surface area contributed by atoms with Crippen molar-refractivity contribution in [1.82, 2.24) is 19.7 Å². The Kier molecular flexibility index (Phi) is 5.46. The van der Waals surface area contributed by atoms with E-state index in [2.05, 4.69) is 17.0 Å². The van der Waals surface area contributed by atoms with Crippen molar-refractivity contribution < 1.29 is 9.90 Å². The van der Waals surface area contributed by atoms with Gasteiger partial charge >= 0.3 is 0 Å². The third kappa shape index (κ3) is 3.89. The van der Waals surface area contributed by atoms with Crippen LogP contribution in [0.4, 0.5) is 0 Å². The van der Waals surface area contributed by atoms with Gasteiger partial charge in [0.1, 0.15) is 10.7 Å². The zero-order chi connectivity index (χ0) is 15.2. The second-order valence-corrected chi connectivity index (χ2v) is 5.67. The molecule has 6 nitrogen and oxygen atoms in total. The molecule has 0 bridgehead atoms. The van der Waals surface area contributed by atoms with E-state index in [4.69, 9.17) is 5.11 Å². The highest BCUT2D eigenvalue weighted by Crippen LogP contribution is 2.23. The molecular weight excluding hydrogens is 288 g/mol.